The second-order valence-corrected chi connectivity index (χ2v) is 4.34. The second kappa shape index (κ2) is 4.57. The topological polar surface area (TPSA) is 81.5 Å². The van der Waals surface area contributed by atoms with Crippen LogP contribution in [-0.2, 0) is 0 Å². The third-order valence-corrected chi connectivity index (χ3v) is 3.44. The minimum Gasteiger partial charge on any atom is -0.370 e. The van der Waals surface area contributed by atoms with Gasteiger partial charge in [-0.25, -0.2) is 0 Å². The molecule has 0 aliphatic heterocycles. The number of rotatable bonds is 1. The van der Waals surface area contributed by atoms with E-state index in [1.807, 2.05) is 27.7 Å². The van der Waals surface area contributed by atoms with Crippen molar-refractivity contribution in [2.24, 2.45) is 16.5 Å². The van der Waals surface area contributed by atoms with E-state index >= 15 is 0 Å². The first kappa shape index (κ1) is 13.2. The molecule has 4 heteroatoms. The first-order chi connectivity index (χ1) is 7.77. The lowest BCUT2D eigenvalue weighted by molar-refractivity contribution is 0.100. The van der Waals surface area contributed by atoms with Gasteiger partial charge in [0.1, 0.15) is 0 Å². The van der Waals surface area contributed by atoms with Gasteiger partial charge >= 0.3 is 0 Å². The Kier molecular flexibility index (Phi) is 3.56. The fourth-order valence-electron chi connectivity index (χ4n) is 1.99. The molecule has 1 amide bonds. The largest absolute Gasteiger partial charge is 0.370 e. The number of carbonyl (C=O) groups is 1. The van der Waals surface area contributed by atoms with Crippen LogP contribution in [0.25, 0.3) is 0 Å². The summed E-state index contributed by atoms with van der Waals surface area (Å²) in [6.45, 7) is 9.90. The van der Waals surface area contributed by atoms with Crippen LogP contribution in [0.15, 0.2) is 4.99 Å². The number of nitrogens with two attached hydrogens (primary N) is 2. The molecule has 4 N–H and O–H groups in total. The van der Waals surface area contributed by atoms with E-state index in [0.29, 0.717) is 5.56 Å². The van der Waals surface area contributed by atoms with Crippen molar-refractivity contribution in [3.8, 4) is 0 Å². The van der Waals surface area contributed by atoms with Gasteiger partial charge in [0, 0.05) is 5.56 Å². The fourth-order valence-corrected chi connectivity index (χ4v) is 1.99. The van der Waals surface area contributed by atoms with E-state index in [4.69, 9.17) is 11.5 Å². The Morgan fingerprint density at radius 3 is 1.53 bits per heavy atom. The smallest absolute Gasteiger partial charge is 0.280 e. The van der Waals surface area contributed by atoms with Crippen LogP contribution in [-0.4, -0.2) is 11.9 Å². The van der Waals surface area contributed by atoms with Gasteiger partial charge in [0.15, 0.2) is 5.96 Å². The number of hydrogen-bond acceptors (Lipinski definition) is 1. The second-order valence-electron chi connectivity index (χ2n) is 4.34. The predicted octanol–water partition coefficient (Wildman–Crippen LogP) is 1.64. The molecule has 0 heterocycles. The maximum atomic E-state index is 12.0. The lowest BCUT2D eigenvalue weighted by atomic mass is 9.89. The number of amides is 1. The van der Waals surface area contributed by atoms with Crippen LogP contribution in [0.3, 0.4) is 0 Å². The van der Waals surface area contributed by atoms with Crippen molar-refractivity contribution in [1.29, 1.82) is 0 Å². The van der Waals surface area contributed by atoms with Gasteiger partial charge < -0.3 is 11.5 Å². The van der Waals surface area contributed by atoms with Gasteiger partial charge in [-0.05, 0) is 62.4 Å². The molecule has 4 nitrogen and oxygen atoms in total. The molecule has 0 aliphatic carbocycles. The molecule has 0 aliphatic rings. The zero-order valence-electron chi connectivity index (χ0n) is 11.0. The van der Waals surface area contributed by atoms with Gasteiger partial charge in [0.05, 0.1) is 0 Å². The SMILES string of the molecule is Cc1c(C)c(C)c(C(=O)N=C(N)N)c(C)c1C. The molecule has 0 unspecified atom stereocenters. The fraction of sp³-hybridized carbons (Fsp3) is 0.385. The van der Waals surface area contributed by atoms with Crippen molar-refractivity contribution >= 4 is 11.9 Å². The van der Waals surface area contributed by atoms with Crippen LogP contribution < -0.4 is 11.5 Å². The summed E-state index contributed by atoms with van der Waals surface area (Å²) in [6, 6.07) is 0. The highest BCUT2D eigenvalue weighted by atomic mass is 16.1. The summed E-state index contributed by atoms with van der Waals surface area (Å²) in [5, 5.41) is 0. The number of benzene rings is 1. The molecule has 0 saturated heterocycles. The van der Waals surface area contributed by atoms with Crippen molar-refractivity contribution in [1.82, 2.24) is 0 Å². The number of aliphatic imine (C=N–C) groups is 1. The molecule has 0 fully saturated rings. The summed E-state index contributed by atoms with van der Waals surface area (Å²) >= 11 is 0. The van der Waals surface area contributed by atoms with Gasteiger partial charge in [-0.2, -0.15) is 4.99 Å². The Hall–Kier alpha value is -1.84. The van der Waals surface area contributed by atoms with Gasteiger partial charge in [-0.3, -0.25) is 4.79 Å². The molecule has 17 heavy (non-hydrogen) atoms. The highest BCUT2D eigenvalue weighted by Crippen LogP contribution is 2.26. The van der Waals surface area contributed by atoms with E-state index in [0.717, 1.165) is 22.3 Å². The van der Waals surface area contributed by atoms with Crippen molar-refractivity contribution in [2.45, 2.75) is 34.6 Å². The highest BCUT2D eigenvalue weighted by Gasteiger charge is 2.17. The van der Waals surface area contributed by atoms with E-state index in [9.17, 15) is 4.79 Å². The normalized spacial score (nSPS) is 10.2. The van der Waals surface area contributed by atoms with E-state index in [2.05, 4.69) is 11.9 Å². The summed E-state index contributed by atoms with van der Waals surface area (Å²) in [6.07, 6.45) is 0. The van der Waals surface area contributed by atoms with Crippen LogP contribution in [0.5, 0.6) is 0 Å². The molecule has 0 atom stereocenters. The van der Waals surface area contributed by atoms with Crippen molar-refractivity contribution < 1.29 is 4.79 Å². The standard InChI is InChI=1S/C13H19N3O/c1-6-7(2)9(4)11(10(5)8(6)3)12(17)16-13(14)15/h1-5H3,(H4,14,15,16,17). The third kappa shape index (κ3) is 2.30. The zero-order chi connectivity index (χ0) is 13.3. The first-order valence-electron chi connectivity index (χ1n) is 5.48. The van der Waals surface area contributed by atoms with Crippen LogP contribution in [0.4, 0.5) is 0 Å². The molecule has 92 valence electrons. The maximum absolute atomic E-state index is 12.0. The maximum Gasteiger partial charge on any atom is 0.280 e. The summed E-state index contributed by atoms with van der Waals surface area (Å²) in [5.41, 5.74) is 16.4. The Labute approximate surface area is 102 Å². The van der Waals surface area contributed by atoms with Crippen LogP contribution >= 0.6 is 0 Å². The summed E-state index contributed by atoms with van der Waals surface area (Å²) < 4.78 is 0. The number of nitrogens with zero attached hydrogens (tertiary/aromatic N) is 1. The highest BCUT2D eigenvalue weighted by molar-refractivity contribution is 6.04. The molecule has 0 bridgehead atoms. The number of guanidine groups is 1. The molecule has 0 aromatic heterocycles. The number of hydrogen-bond donors (Lipinski definition) is 2. The van der Waals surface area contributed by atoms with Crippen molar-refractivity contribution in [3.05, 3.63) is 33.4 Å². The molecule has 0 spiro atoms. The monoisotopic (exact) mass is 233 g/mol. The molecule has 0 radical (unpaired) electrons. The van der Waals surface area contributed by atoms with Gasteiger partial charge in [-0.1, -0.05) is 0 Å². The average Bonchev–Trinajstić information content (AvgIpc) is 2.23. The Morgan fingerprint density at radius 2 is 1.18 bits per heavy atom. The molecule has 1 aromatic carbocycles. The van der Waals surface area contributed by atoms with Crippen molar-refractivity contribution in [3.63, 3.8) is 0 Å². The molecule has 1 rings (SSSR count). The van der Waals surface area contributed by atoms with E-state index < -0.39 is 0 Å². The Bertz CT molecular complexity index is 483. The summed E-state index contributed by atoms with van der Waals surface area (Å²) in [5.74, 6) is -0.573. The van der Waals surface area contributed by atoms with E-state index in [1.54, 1.807) is 0 Å². The average molecular weight is 233 g/mol. The Balaban J connectivity index is 3.55. The predicted molar refractivity (Wildman–Crippen MR) is 70.3 cm³/mol. The molecule has 1 aromatic rings. The van der Waals surface area contributed by atoms with Crippen LogP contribution in [0.1, 0.15) is 38.2 Å². The Morgan fingerprint density at radius 1 is 0.824 bits per heavy atom. The molecular weight excluding hydrogens is 214 g/mol. The minimum absolute atomic E-state index is 0.204. The van der Waals surface area contributed by atoms with Gasteiger partial charge in [-0.15, -0.1) is 0 Å². The minimum atomic E-state index is -0.369. The van der Waals surface area contributed by atoms with Crippen LogP contribution in [0, 0.1) is 34.6 Å². The van der Waals surface area contributed by atoms with Crippen LogP contribution in [0.2, 0.25) is 0 Å². The third-order valence-electron chi connectivity index (χ3n) is 3.44. The molecular formula is C13H19N3O. The van der Waals surface area contributed by atoms with E-state index in [-0.39, 0.29) is 11.9 Å². The quantitative estimate of drug-likeness (QED) is 0.571. The summed E-state index contributed by atoms with van der Waals surface area (Å²) in [4.78, 5) is 15.6. The van der Waals surface area contributed by atoms with Gasteiger partial charge in [0.2, 0.25) is 0 Å². The zero-order valence-corrected chi connectivity index (χ0v) is 11.0. The van der Waals surface area contributed by atoms with Crippen molar-refractivity contribution in [2.75, 3.05) is 0 Å². The van der Waals surface area contributed by atoms with Gasteiger partial charge in [0.25, 0.3) is 5.91 Å². The lowest BCUT2D eigenvalue weighted by Gasteiger charge is -2.16. The molecule has 0 saturated carbocycles. The lowest BCUT2D eigenvalue weighted by Crippen LogP contribution is -2.24. The summed E-state index contributed by atoms with van der Waals surface area (Å²) in [7, 11) is 0. The van der Waals surface area contributed by atoms with E-state index in [1.165, 1.54) is 5.56 Å². The first-order valence-corrected chi connectivity index (χ1v) is 5.48. The number of carbonyl (C=O) groups excluding carboxylic acids is 1.